The normalized spacial score (nSPS) is 10.3. The Hall–Kier alpha value is -3.48. The van der Waals surface area contributed by atoms with Gasteiger partial charge in [-0.05, 0) is 36.4 Å². The van der Waals surface area contributed by atoms with Gasteiger partial charge in [0, 0.05) is 11.8 Å². The molecule has 7 heteroatoms. The zero-order valence-corrected chi connectivity index (χ0v) is 13.8. The maximum atomic E-state index is 13.6. The van der Waals surface area contributed by atoms with Crippen LogP contribution in [-0.4, -0.2) is 18.0 Å². The first-order chi connectivity index (χ1) is 12.6. The number of para-hydroxylation sites is 1. The Balaban J connectivity index is 1.71. The van der Waals surface area contributed by atoms with E-state index in [4.69, 9.17) is 4.74 Å². The van der Waals surface area contributed by atoms with Gasteiger partial charge in [-0.3, -0.25) is 4.79 Å². The lowest BCUT2D eigenvalue weighted by atomic mass is 10.2. The first-order valence-electron chi connectivity index (χ1n) is 7.69. The number of carbonyl (C=O) groups excluding carboxylic acids is 1. The van der Waals surface area contributed by atoms with E-state index in [1.807, 2.05) is 24.3 Å². The standard InChI is InChI=1S/C19H15F2N3O2/c1-26-14-5-2-4-12(10-14)23-13-8-9-17(22-11-13)19(25)24-18-15(20)6-3-7-16(18)21/h2-11,23H,1H3,(H,24,25). The van der Waals surface area contributed by atoms with E-state index >= 15 is 0 Å². The Labute approximate surface area is 148 Å². The van der Waals surface area contributed by atoms with E-state index in [1.165, 1.54) is 18.3 Å². The zero-order valence-electron chi connectivity index (χ0n) is 13.8. The maximum absolute atomic E-state index is 13.6. The third kappa shape index (κ3) is 3.94. The van der Waals surface area contributed by atoms with E-state index in [-0.39, 0.29) is 5.69 Å². The Bertz CT molecular complexity index is 910. The van der Waals surface area contributed by atoms with Crippen LogP contribution in [0.25, 0.3) is 0 Å². The number of halogens is 2. The number of pyridine rings is 1. The number of benzene rings is 2. The van der Waals surface area contributed by atoms with E-state index in [0.717, 1.165) is 17.8 Å². The van der Waals surface area contributed by atoms with Gasteiger partial charge in [-0.15, -0.1) is 0 Å². The third-order valence-corrected chi connectivity index (χ3v) is 3.56. The van der Waals surface area contributed by atoms with Crippen molar-refractivity contribution in [3.05, 3.63) is 78.1 Å². The number of anilines is 3. The van der Waals surface area contributed by atoms with Crippen LogP contribution in [0.3, 0.4) is 0 Å². The van der Waals surface area contributed by atoms with Gasteiger partial charge in [-0.2, -0.15) is 0 Å². The Morgan fingerprint density at radius 1 is 1.00 bits per heavy atom. The lowest BCUT2D eigenvalue weighted by Crippen LogP contribution is -2.15. The molecule has 0 unspecified atom stereocenters. The molecule has 0 saturated heterocycles. The number of nitrogens with zero attached hydrogens (tertiary/aromatic N) is 1. The Morgan fingerprint density at radius 2 is 1.73 bits per heavy atom. The molecule has 2 N–H and O–H groups in total. The second-order valence-corrected chi connectivity index (χ2v) is 5.34. The Morgan fingerprint density at radius 3 is 2.38 bits per heavy atom. The van der Waals surface area contributed by atoms with Crippen LogP contribution in [-0.2, 0) is 0 Å². The highest BCUT2D eigenvalue weighted by Gasteiger charge is 2.14. The van der Waals surface area contributed by atoms with E-state index in [0.29, 0.717) is 11.4 Å². The van der Waals surface area contributed by atoms with Gasteiger partial charge in [0.2, 0.25) is 0 Å². The average molecular weight is 355 g/mol. The summed E-state index contributed by atoms with van der Waals surface area (Å²) in [4.78, 5) is 16.1. The van der Waals surface area contributed by atoms with Crippen molar-refractivity contribution in [1.82, 2.24) is 4.98 Å². The SMILES string of the molecule is COc1cccc(Nc2ccc(C(=O)Nc3c(F)cccc3F)nc2)c1. The summed E-state index contributed by atoms with van der Waals surface area (Å²) < 4.78 is 32.3. The molecule has 1 aromatic heterocycles. The minimum Gasteiger partial charge on any atom is -0.497 e. The molecule has 132 valence electrons. The summed E-state index contributed by atoms with van der Waals surface area (Å²) >= 11 is 0. The number of methoxy groups -OCH3 is 1. The molecule has 0 bridgehead atoms. The first-order valence-corrected chi connectivity index (χ1v) is 7.69. The summed E-state index contributed by atoms with van der Waals surface area (Å²) in [6.45, 7) is 0. The molecule has 0 radical (unpaired) electrons. The number of amides is 1. The molecule has 3 rings (SSSR count). The Kier molecular flexibility index (Phi) is 5.07. The molecule has 0 saturated carbocycles. The fraction of sp³-hybridized carbons (Fsp3) is 0.0526. The van der Waals surface area contributed by atoms with Crippen LogP contribution in [0.15, 0.2) is 60.8 Å². The summed E-state index contributed by atoms with van der Waals surface area (Å²) in [5.41, 5.74) is 0.963. The number of carbonyl (C=O) groups is 1. The number of nitrogens with one attached hydrogen (secondary N) is 2. The van der Waals surface area contributed by atoms with Crippen molar-refractivity contribution in [2.24, 2.45) is 0 Å². The molecular formula is C19H15F2N3O2. The van der Waals surface area contributed by atoms with Crippen molar-refractivity contribution < 1.29 is 18.3 Å². The minimum atomic E-state index is -0.852. The van der Waals surface area contributed by atoms with Crippen LogP contribution in [0.4, 0.5) is 25.8 Å². The van der Waals surface area contributed by atoms with Crippen molar-refractivity contribution in [2.45, 2.75) is 0 Å². The minimum absolute atomic E-state index is 0.0313. The molecular weight excluding hydrogens is 340 g/mol. The first kappa shape index (κ1) is 17.3. The highest BCUT2D eigenvalue weighted by atomic mass is 19.1. The van der Waals surface area contributed by atoms with Gasteiger partial charge in [0.05, 0.1) is 19.0 Å². The summed E-state index contributed by atoms with van der Waals surface area (Å²) in [5, 5.41) is 5.31. The summed E-state index contributed by atoms with van der Waals surface area (Å²) in [6.07, 6.45) is 1.45. The monoisotopic (exact) mass is 355 g/mol. The van der Waals surface area contributed by atoms with Gasteiger partial charge in [-0.1, -0.05) is 12.1 Å². The molecule has 0 aliphatic rings. The summed E-state index contributed by atoms with van der Waals surface area (Å²) in [7, 11) is 1.58. The number of rotatable bonds is 5. The number of hydrogen-bond acceptors (Lipinski definition) is 4. The number of aromatic nitrogens is 1. The molecule has 2 aromatic carbocycles. The predicted octanol–water partition coefficient (Wildman–Crippen LogP) is 4.36. The largest absolute Gasteiger partial charge is 0.497 e. The highest BCUT2D eigenvalue weighted by molar-refractivity contribution is 6.03. The fourth-order valence-electron chi connectivity index (χ4n) is 2.26. The third-order valence-electron chi connectivity index (χ3n) is 3.56. The van der Waals surface area contributed by atoms with Gasteiger partial charge >= 0.3 is 0 Å². The molecule has 1 amide bonds. The highest BCUT2D eigenvalue weighted by Crippen LogP contribution is 2.22. The molecule has 26 heavy (non-hydrogen) atoms. The zero-order chi connectivity index (χ0) is 18.5. The smallest absolute Gasteiger partial charge is 0.274 e. The molecule has 0 spiro atoms. The maximum Gasteiger partial charge on any atom is 0.274 e. The van der Waals surface area contributed by atoms with Crippen LogP contribution in [0.5, 0.6) is 5.75 Å². The van der Waals surface area contributed by atoms with E-state index in [2.05, 4.69) is 15.6 Å². The van der Waals surface area contributed by atoms with Crippen molar-refractivity contribution in [1.29, 1.82) is 0 Å². The average Bonchev–Trinajstić information content (AvgIpc) is 2.65. The van der Waals surface area contributed by atoms with E-state index in [1.54, 1.807) is 13.2 Å². The van der Waals surface area contributed by atoms with Gasteiger partial charge in [-0.25, -0.2) is 13.8 Å². The van der Waals surface area contributed by atoms with Crippen LogP contribution in [0.1, 0.15) is 10.5 Å². The topological polar surface area (TPSA) is 63.2 Å². The van der Waals surface area contributed by atoms with Gasteiger partial charge in [0.1, 0.15) is 28.8 Å². The summed E-state index contributed by atoms with van der Waals surface area (Å²) in [5.74, 6) is -1.71. The molecule has 0 atom stereocenters. The number of hydrogen-bond donors (Lipinski definition) is 2. The molecule has 1 heterocycles. The van der Waals surface area contributed by atoms with Gasteiger partial charge < -0.3 is 15.4 Å². The van der Waals surface area contributed by atoms with Crippen LogP contribution >= 0.6 is 0 Å². The quantitative estimate of drug-likeness (QED) is 0.714. The van der Waals surface area contributed by atoms with Gasteiger partial charge in [0.15, 0.2) is 0 Å². The van der Waals surface area contributed by atoms with E-state index in [9.17, 15) is 13.6 Å². The molecule has 0 aliphatic heterocycles. The number of ether oxygens (including phenoxy) is 1. The van der Waals surface area contributed by atoms with Crippen molar-refractivity contribution in [3.63, 3.8) is 0 Å². The van der Waals surface area contributed by atoms with Crippen LogP contribution in [0.2, 0.25) is 0 Å². The van der Waals surface area contributed by atoms with Crippen LogP contribution < -0.4 is 15.4 Å². The van der Waals surface area contributed by atoms with Crippen LogP contribution in [0, 0.1) is 11.6 Å². The fourth-order valence-corrected chi connectivity index (χ4v) is 2.26. The van der Waals surface area contributed by atoms with E-state index < -0.39 is 23.2 Å². The molecule has 5 nitrogen and oxygen atoms in total. The summed E-state index contributed by atoms with van der Waals surface area (Å²) in [6, 6.07) is 13.7. The lowest BCUT2D eigenvalue weighted by Gasteiger charge is -2.09. The second kappa shape index (κ2) is 7.60. The second-order valence-electron chi connectivity index (χ2n) is 5.34. The lowest BCUT2D eigenvalue weighted by molar-refractivity contribution is 0.102. The predicted molar refractivity (Wildman–Crippen MR) is 94.8 cm³/mol. The van der Waals surface area contributed by atoms with Crippen molar-refractivity contribution in [3.8, 4) is 5.75 Å². The molecule has 0 fully saturated rings. The van der Waals surface area contributed by atoms with Crippen molar-refractivity contribution >= 4 is 23.0 Å². The van der Waals surface area contributed by atoms with Gasteiger partial charge in [0.25, 0.3) is 5.91 Å². The molecule has 0 aliphatic carbocycles. The molecule has 3 aromatic rings. The van der Waals surface area contributed by atoms with Crippen molar-refractivity contribution in [2.75, 3.05) is 17.7 Å².